The molecular weight excluding hydrogens is 244 g/mol. The van der Waals surface area contributed by atoms with Gasteiger partial charge in [0.2, 0.25) is 0 Å². The van der Waals surface area contributed by atoms with E-state index in [0.717, 1.165) is 5.56 Å². The molecule has 14 heavy (non-hydrogen) atoms. The molecule has 0 saturated carbocycles. The lowest BCUT2D eigenvalue weighted by molar-refractivity contribution is 0.596. The van der Waals surface area contributed by atoms with Crippen molar-refractivity contribution in [3.05, 3.63) is 45.8 Å². The summed E-state index contributed by atoms with van der Waals surface area (Å²) in [4.78, 5) is 11.8. The fourth-order valence-electron chi connectivity index (χ4n) is 1.38. The van der Waals surface area contributed by atoms with Crippen molar-refractivity contribution >= 4 is 26.9 Å². The van der Waals surface area contributed by atoms with Crippen LogP contribution in [-0.2, 0) is 5.33 Å². The topological polar surface area (TPSA) is 30.2 Å². The van der Waals surface area contributed by atoms with Gasteiger partial charge in [0.15, 0.2) is 5.43 Å². The van der Waals surface area contributed by atoms with E-state index in [1.807, 2.05) is 25.1 Å². The zero-order valence-corrected chi connectivity index (χ0v) is 9.30. The zero-order chi connectivity index (χ0) is 10.1. The van der Waals surface area contributed by atoms with Gasteiger partial charge in [0.25, 0.3) is 0 Å². The molecule has 1 aromatic carbocycles. The number of fused-ring (bicyclic) bond motifs is 1. The third-order valence-corrected chi connectivity index (χ3v) is 2.75. The summed E-state index contributed by atoms with van der Waals surface area (Å²) in [6.07, 6.45) is 1.51. The number of benzene rings is 1. The second-order valence-electron chi connectivity index (χ2n) is 3.22. The van der Waals surface area contributed by atoms with Crippen molar-refractivity contribution in [3.63, 3.8) is 0 Å². The highest BCUT2D eigenvalue weighted by Gasteiger charge is 2.05. The highest BCUT2D eigenvalue weighted by molar-refractivity contribution is 9.08. The number of hydrogen-bond donors (Lipinski definition) is 0. The van der Waals surface area contributed by atoms with Gasteiger partial charge in [-0.2, -0.15) is 0 Å². The van der Waals surface area contributed by atoms with Crippen LogP contribution in [0.4, 0.5) is 0 Å². The Morgan fingerprint density at radius 1 is 1.43 bits per heavy atom. The van der Waals surface area contributed by atoms with Crippen LogP contribution in [0, 0.1) is 6.92 Å². The molecule has 0 bridgehead atoms. The lowest BCUT2D eigenvalue weighted by Crippen LogP contribution is -2.06. The van der Waals surface area contributed by atoms with Gasteiger partial charge in [-0.05, 0) is 19.1 Å². The monoisotopic (exact) mass is 252 g/mol. The summed E-state index contributed by atoms with van der Waals surface area (Å²) in [6.45, 7) is 1.96. The highest BCUT2D eigenvalue weighted by atomic mass is 79.9. The molecule has 0 aliphatic heterocycles. The van der Waals surface area contributed by atoms with Crippen molar-refractivity contribution in [1.82, 2.24) is 0 Å². The summed E-state index contributed by atoms with van der Waals surface area (Å²) in [6, 6.07) is 5.61. The van der Waals surface area contributed by atoms with Crippen LogP contribution in [0.15, 0.2) is 33.7 Å². The first-order chi connectivity index (χ1) is 6.72. The van der Waals surface area contributed by atoms with E-state index < -0.39 is 0 Å². The Balaban J connectivity index is 2.87. The fourth-order valence-corrected chi connectivity index (χ4v) is 1.76. The maximum atomic E-state index is 11.8. The molecule has 1 aromatic heterocycles. The molecule has 0 aliphatic rings. The largest absolute Gasteiger partial charge is 0.464 e. The molecule has 2 rings (SSSR count). The summed E-state index contributed by atoms with van der Waals surface area (Å²) < 4.78 is 5.34. The van der Waals surface area contributed by atoms with E-state index in [1.54, 1.807) is 0 Å². The molecule has 0 amide bonds. The summed E-state index contributed by atoms with van der Waals surface area (Å²) in [5.74, 6) is 0. The number of halogens is 1. The van der Waals surface area contributed by atoms with E-state index in [9.17, 15) is 4.79 Å². The summed E-state index contributed by atoms with van der Waals surface area (Å²) in [7, 11) is 0. The van der Waals surface area contributed by atoms with Gasteiger partial charge in [0, 0.05) is 10.9 Å². The Morgan fingerprint density at radius 2 is 2.21 bits per heavy atom. The number of alkyl halides is 1. The van der Waals surface area contributed by atoms with E-state index in [0.29, 0.717) is 21.9 Å². The van der Waals surface area contributed by atoms with Gasteiger partial charge in [-0.25, -0.2) is 0 Å². The number of rotatable bonds is 1. The predicted octanol–water partition coefficient (Wildman–Crippen LogP) is 3.00. The molecule has 3 heteroatoms. The molecule has 2 nitrogen and oxygen atoms in total. The van der Waals surface area contributed by atoms with Gasteiger partial charge in [-0.15, -0.1) is 0 Å². The van der Waals surface area contributed by atoms with Gasteiger partial charge in [0.1, 0.15) is 5.58 Å². The Bertz CT molecular complexity index is 528. The first-order valence-electron chi connectivity index (χ1n) is 4.29. The average molecular weight is 253 g/mol. The maximum absolute atomic E-state index is 11.8. The van der Waals surface area contributed by atoms with Gasteiger partial charge < -0.3 is 4.42 Å². The van der Waals surface area contributed by atoms with E-state index in [4.69, 9.17) is 4.42 Å². The highest BCUT2D eigenvalue weighted by Crippen LogP contribution is 2.14. The van der Waals surface area contributed by atoms with Crippen molar-refractivity contribution in [2.24, 2.45) is 0 Å². The third kappa shape index (κ3) is 1.48. The Labute approximate surface area is 89.7 Å². The second kappa shape index (κ2) is 3.58. The van der Waals surface area contributed by atoms with Crippen LogP contribution < -0.4 is 5.43 Å². The van der Waals surface area contributed by atoms with Crippen molar-refractivity contribution in [3.8, 4) is 0 Å². The molecule has 1 heterocycles. The third-order valence-electron chi connectivity index (χ3n) is 2.14. The van der Waals surface area contributed by atoms with Crippen molar-refractivity contribution in [2.75, 3.05) is 0 Å². The lowest BCUT2D eigenvalue weighted by Gasteiger charge is -1.99. The molecule has 0 radical (unpaired) electrons. The number of hydrogen-bond acceptors (Lipinski definition) is 2. The van der Waals surface area contributed by atoms with E-state index in [1.165, 1.54) is 6.26 Å². The van der Waals surface area contributed by atoms with Gasteiger partial charge in [-0.1, -0.05) is 27.6 Å². The Morgan fingerprint density at radius 3 is 2.93 bits per heavy atom. The van der Waals surface area contributed by atoms with Crippen molar-refractivity contribution < 1.29 is 4.42 Å². The lowest BCUT2D eigenvalue weighted by atomic mass is 10.1. The van der Waals surface area contributed by atoms with E-state index >= 15 is 0 Å². The van der Waals surface area contributed by atoms with Crippen LogP contribution in [0.5, 0.6) is 0 Å². The second-order valence-corrected chi connectivity index (χ2v) is 3.78. The summed E-state index contributed by atoms with van der Waals surface area (Å²) in [5.41, 5.74) is 2.41. The van der Waals surface area contributed by atoms with Crippen molar-refractivity contribution in [2.45, 2.75) is 12.3 Å². The van der Waals surface area contributed by atoms with Crippen LogP contribution in [0.25, 0.3) is 11.0 Å². The molecule has 0 spiro atoms. The average Bonchev–Trinajstić information content (AvgIpc) is 2.20. The molecule has 0 saturated heterocycles. The standard InChI is InChI=1S/C11H9BrO2/c1-7-2-3-10-9(4-7)11(13)8(5-12)6-14-10/h2-4,6H,5H2,1H3. The van der Waals surface area contributed by atoms with Gasteiger partial charge in [0.05, 0.1) is 11.6 Å². The van der Waals surface area contributed by atoms with E-state index in [-0.39, 0.29) is 5.43 Å². The van der Waals surface area contributed by atoms with Crippen LogP contribution >= 0.6 is 15.9 Å². The Hall–Kier alpha value is -1.09. The maximum Gasteiger partial charge on any atom is 0.196 e. The quantitative estimate of drug-likeness (QED) is 0.731. The Kier molecular flexibility index (Phi) is 2.42. The zero-order valence-electron chi connectivity index (χ0n) is 7.71. The molecule has 0 unspecified atom stereocenters. The summed E-state index contributed by atoms with van der Waals surface area (Å²) >= 11 is 3.25. The smallest absolute Gasteiger partial charge is 0.196 e. The molecule has 2 aromatic rings. The van der Waals surface area contributed by atoms with Gasteiger partial charge in [-0.3, -0.25) is 4.79 Å². The molecule has 0 fully saturated rings. The minimum Gasteiger partial charge on any atom is -0.464 e. The number of aryl methyl sites for hydroxylation is 1. The molecule has 0 aliphatic carbocycles. The minimum atomic E-state index is 0.0480. The molecular formula is C11H9BrO2. The van der Waals surface area contributed by atoms with Crippen LogP contribution in [0.3, 0.4) is 0 Å². The molecule has 0 N–H and O–H groups in total. The first-order valence-corrected chi connectivity index (χ1v) is 5.41. The van der Waals surface area contributed by atoms with Crippen LogP contribution in [0.1, 0.15) is 11.1 Å². The summed E-state index contributed by atoms with van der Waals surface area (Å²) in [5, 5.41) is 1.18. The minimum absolute atomic E-state index is 0.0480. The molecule has 0 atom stereocenters. The van der Waals surface area contributed by atoms with Crippen molar-refractivity contribution in [1.29, 1.82) is 0 Å². The SMILES string of the molecule is Cc1ccc2occ(CBr)c(=O)c2c1. The normalized spacial score (nSPS) is 10.7. The van der Waals surface area contributed by atoms with Crippen LogP contribution in [-0.4, -0.2) is 0 Å². The van der Waals surface area contributed by atoms with Crippen LogP contribution in [0.2, 0.25) is 0 Å². The molecule has 72 valence electrons. The van der Waals surface area contributed by atoms with E-state index in [2.05, 4.69) is 15.9 Å². The first kappa shape index (κ1) is 9.46. The fraction of sp³-hybridized carbons (Fsp3) is 0.182. The van der Waals surface area contributed by atoms with Gasteiger partial charge >= 0.3 is 0 Å². The predicted molar refractivity (Wildman–Crippen MR) is 59.9 cm³/mol.